The van der Waals surface area contributed by atoms with Crippen molar-refractivity contribution in [1.82, 2.24) is 15.5 Å². The van der Waals surface area contributed by atoms with E-state index in [9.17, 15) is 19.2 Å². The van der Waals surface area contributed by atoms with Crippen molar-refractivity contribution in [3.05, 3.63) is 77.9 Å². The van der Waals surface area contributed by atoms with Crippen LogP contribution in [0.3, 0.4) is 0 Å². The molecule has 0 spiro atoms. The third-order valence-corrected chi connectivity index (χ3v) is 8.31. The average molecular weight is 650 g/mol. The molecule has 3 rings (SSSR count). The van der Waals surface area contributed by atoms with Gasteiger partial charge < -0.3 is 20.1 Å². The standard InChI is InChI=1S/C36H47N3O6S/c1-25(2)21-29(37-34(41)18-17-33(40)27-13-15-30(44-3)16-14-27)23-39(22-28-11-8-10-26-9-6-7-12-31(26)28)24-35(42)38-32(19-20-46-5)36(43)45-4/h6-16,25,29,32H,17-24H2,1-5H3,(H,37,41)(H,38,42)/t29-,32-/m0/s1. The molecule has 9 nitrogen and oxygen atoms in total. The third kappa shape index (κ3) is 11.8. The smallest absolute Gasteiger partial charge is 0.328 e. The van der Waals surface area contributed by atoms with Crippen molar-refractivity contribution in [3.63, 3.8) is 0 Å². The van der Waals surface area contributed by atoms with Gasteiger partial charge in [0.1, 0.15) is 11.8 Å². The van der Waals surface area contributed by atoms with E-state index in [1.807, 2.05) is 35.4 Å². The number of hydrogen-bond acceptors (Lipinski definition) is 8. The van der Waals surface area contributed by atoms with Crippen molar-refractivity contribution >= 4 is 46.1 Å². The van der Waals surface area contributed by atoms with Gasteiger partial charge >= 0.3 is 5.97 Å². The minimum Gasteiger partial charge on any atom is -0.497 e. The van der Waals surface area contributed by atoms with Crippen LogP contribution in [0.5, 0.6) is 5.75 Å². The average Bonchev–Trinajstić information content (AvgIpc) is 3.05. The first-order chi connectivity index (χ1) is 22.1. The lowest BCUT2D eigenvalue weighted by atomic mass is 10.0. The molecule has 0 aliphatic rings. The van der Waals surface area contributed by atoms with Crippen LogP contribution < -0.4 is 15.4 Å². The molecule has 3 aromatic rings. The number of ether oxygens (including phenoxy) is 2. The monoisotopic (exact) mass is 649 g/mol. The number of fused-ring (bicyclic) bond motifs is 1. The summed E-state index contributed by atoms with van der Waals surface area (Å²) in [5.41, 5.74) is 1.58. The Balaban J connectivity index is 1.76. The van der Waals surface area contributed by atoms with Gasteiger partial charge in [0.2, 0.25) is 11.8 Å². The number of nitrogens with zero attached hydrogens (tertiary/aromatic N) is 1. The number of methoxy groups -OCH3 is 2. The van der Waals surface area contributed by atoms with Crippen molar-refractivity contribution in [2.75, 3.05) is 39.3 Å². The minimum atomic E-state index is -0.737. The van der Waals surface area contributed by atoms with Crippen LogP contribution in [0.2, 0.25) is 0 Å². The molecule has 0 aliphatic carbocycles. The molecule has 3 aromatic carbocycles. The van der Waals surface area contributed by atoms with E-state index >= 15 is 0 Å². The summed E-state index contributed by atoms with van der Waals surface area (Å²) in [5.74, 6) is 0.527. The molecular formula is C36H47N3O6S. The summed E-state index contributed by atoms with van der Waals surface area (Å²) in [6, 6.07) is 20.0. The largest absolute Gasteiger partial charge is 0.497 e. The summed E-state index contributed by atoms with van der Waals surface area (Å²) >= 11 is 1.59. The Labute approximate surface area is 276 Å². The highest BCUT2D eigenvalue weighted by Gasteiger charge is 2.25. The van der Waals surface area contributed by atoms with E-state index in [0.29, 0.717) is 43.0 Å². The molecule has 2 atom stereocenters. The molecule has 2 N–H and O–H groups in total. The van der Waals surface area contributed by atoms with E-state index in [0.717, 1.165) is 16.3 Å². The molecule has 0 saturated carbocycles. The molecular weight excluding hydrogens is 602 g/mol. The normalized spacial score (nSPS) is 12.5. The molecule has 0 fully saturated rings. The van der Waals surface area contributed by atoms with E-state index < -0.39 is 12.0 Å². The Hall–Kier alpha value is -3.89. The van der Waals surface area contributed by atoms with Gasteiger partial charge in [-0.25, -0.2) is 4.79 Å². The number of benzene rings is 3. The maximum Gasteiger partial charge on any atom is 0.328 e. The van der Waals surface area contributed by atoms with Gasteiger partial charge in [-0.1, -0.05) is 56.3 Å². The van der Waals surface area contributed by atoms with Gasteiger partial charge in [-0.15, -0.1) is 0 Å². The minimum absolute atomic E-state index is 0.0242. The highest BCUT2D eigenvalue weighted by molar-refractivity contribution is 7.98. The van der Waals surface area contributed by atoms with Gasteiger partial charge in [0.05, 0.1) is 20.8 Å². The van der Waals surface area contributed by atoms with Gasteiger partial charge in [-0.3, -0.25) is 19.3 Å². The molecule has 46 heavy (non-hydrogen) atoms. The fourth-order valence-corrected chi connectivity index (χ4v) is 5.91. The molecule has 0 saturated heterocycles. The van der Waals surface area contributed by atoms with Crippen LogP contribution in [0.15, 0.2) is 66.7 Å². The lowest BCUT2D eigenvalue weighted by molar-refractivity contribution is -0.145. The number of ketones is 1. The quantitative estimate of drug-likeness (QED) is 0.134. The predicted molar refractivity (Wildman–Crippen MR) is 184 cm³/mol. The summed E-state index contributed by atoms with van der Waals surface area (Å²) in [6.07, 6.45) is 3.23. The van der Waals surface area contributed by atoms with Crippen LogP contribution in [0.25, 0.3) is 10.8 Å². The van der Waals surface area contributed by atoms with Crippen LogP contribution in [0.4, 0.5) is 0 Å². The number of carbonyl (C=O) groups excluding carboxylic acids is 4. The summed E-state index contributed by atoms with van der Waals surface area (Å²) in [5, 5.41) is 8.19. The SMILES string of the molecule is COC(=O)[C@H](CCSC)NC(=O)CN(Cc1cccc2ccccc12)C[C@H](CC(C)C)NC(=O)CCC(=O)c1ccc(OC)cc1. The first-order valence-electron chi connectivity index (χ1n) is 15.6. The van der Waals surface area contributed by atoms with Crippen molar-refractivity contribution in [2.24, 2.45) is 5.92 Å². The van der Waals surface area contributed by atoms with Crippen molar-refractivity contribution < 1.29 is 28.7 Å². The lowest BCUT2D eigenvalue weighted by Crippen LogP contribution is -2.49. The van der Waals surface area contributed by atoms with E-state index in [-0.39, 0.29) is 48.9 Å². The lowest BCUT2D eigenvalue weighted by Gasteiger charge is -2.30. The van der Waals surface area contributed by atoms with Gasteiger partial charge in [0.15, 0.2) is 5.78 Å². The molecule has 0 bridgehead atoms. The maximum absolute atomic E-state index is 13.4. The summed E-state index contributed by atoms with van der Waals surface area (Å²) < 4.78 is 10.1. The zero-order valence-corrected chi connectivity index (χ0v) is 28.4. The second-order valence-corrected chi connectivity index (χ2v) is 12.8. The molecule has 248 valence electrons. The number of hydrogen-bond donors (Lipinski definition) is 2. The summed E-state index contributed by atoms with van der Waals surface area (Å²) in [7, 11) is 2.88. The molecule has 0 unspecified atom stereocenters. The summed E-state index contributed by atoms with van der Waals surface area (Å²) in [6.45, 7) is 5.06. The number of thioether (sulfide) groups is 1. The van der Waals surface area contributed by atoms with Crippen molar-refractivity contribution in [3.8, 4) is 5.75 Å². The Morgan fingerprint density at radius 3 is 2.26 bits per heavy atom. The molecule has 0 aromatic heterocycles. The number of rotatable bonds is 19. The zero-order chi connectivity index (χ0) is 33.5. The molecule has 10 heteroatoms. The Bertz CT molecular complexity index is 1440. The Morgan fingerprint density at radius 1 is 0.870 bits per heavy atom. The zero-order valence-electron chi connectivity index (χ0n) is 27.5. The Morgan fingerprint density at radius 2 is 1.59 bits per heavy atom. The fourth-order valence-electron chi connectivity index (χ4n) is 5.43. The highest BCUT2D eigenvalue weighted by Crippen LogP contribution is 2.21. The second-order valence-electron chi connectivity index (χ2n) is 11.8. The van der Waals surface area contributed by atoms with E-state index in [1.165, 1.54) is 7.11 Å². The maximum atomic E-state index is 13.4. The predicted octanol–water partition coefficient (Wildman–Crippen LogP) is 5.26. The van der Waals surface area contributed by atoms with Crippen LogP contribution in [-0.2, 0) is 25.7 Å². The first-order valence-corrected chi connectivity index (χ1v) is 17.0. The fraction of sp³-hybridized carbons (Fsp3) is 0.444. The topological polar surface area (TPSA) is 114 Å². The van der Waals surface area contributed by atoms with Crippen LogP contribution in [0, 0.1) is 5.92 Å². The molecule has 0 aliphatic heterocycles. The summed E-state index contributed by atoms with van der Waals surface area (Å²) in [4.78, 5) is 53.6. The van der Waals surface area contributed by atoms with Gasteiger partial charge in [-0.05, 0) is 71.4 Å². The van der Waals surface area contributed by atoms with Crippen molar-refractivity contribution in [1.29, 1.82) is 0 Å². The number of carbonyl (C=O) groups is 4. The molecule has 0 heterocycles. The molecule has 0 radical (unpaired) electrons. The molecule has 2 amide bonds. The number of Topliss-reactive ketones (excluding diaryl/α,β-unsaturated/α-hetero) is 1. The number of esters is 1. The third-order valence-electron chi connectivity index (χ3n) is 7.66. The van der Waals surface area contributed by atoms with Gasteiger partial charge in [0, 0.05) is 37.5 Å². The van der Waals surface area contributed by atoms with Crippen LogP contribution in [0.1, 0.15) is 55.5 Å². The van der Waals surface area contributed by atoms with Gasteiger partial charge in [0.25, 0.3) is 0 Å². The number of amides is 2. The van der Waals surface area contributed by atoms with Crippen LogP contribution >= 0.6 is 11.8 Å². The second kappa shape index (κ2) is 18.9. The van der Waals surface area contributed by atoms with Crippen molar-refractivity contribution in [2.45, 2.75) is 58.2 Å². The number of nitrogens with one attached hydrogen (secondary N) is 2. The Kier molecular flexibility index (Phi) is 15.1. The van der Waals surface area contributed by atoms with Crippen LogP contribution in [-0.4, -0.2) is 79.9 Å². The van der Waals surface area contributed by atoms with E-state index in [2.05, 4.69) is 42.7 Å². The highest BCUT2D eigenvalue weighted by atomic mass is 32.2. The first kappa shape index (κ1) is 36.6. The van der Waals surface area contributed by atoms with E-state index in [1.54, 1.807) is 43.1 Å². The van der Waals surface area contributed by atoms with E-state index in [4.69, 9.17) is 9.47 Å². The van der Waals surface area contributed by atoms with Gasteiger partial charge in [-0.2, -0.15) is 11.8 Å².